The highest BCUT2D eigenvalue weighted by Crippen LogP contribution is 2.41. The van der Waals surface area contributed by atoms with Crippen molar-refractivity contribution in [1.82, 2.24) is 14.9 Å². The van der Waals surface area contributed by atoms with Gasteiger partial charge in [-0.25, -0.2) is 0 Å². The van der Waals surface area contributed by atoms with Crippen LogP contribution in [-0.2, 0) is 23.0 Å². The fraction of sp³-hybridized carbons (Fsp3) is 0.389. The summed E-state index contributed by atoms with van der Waals surface area (Å²) in [6.07, 6.45) is 3.80. The van der Waals surface area contributed by atoms with E-state index in [9.17, 15) is 4.79 Å². The molecule has 1 fully saturated rings. The van der Waals surface area contributed by atoms with Crippen molar-refractivity contribution in [3.05, 3.63) is 88.5 Å². The number of carbonyl (C=O) groups excluding carboxylic acids is 1. The third-order valence-electron chi connectivity index (χ3n) is 8.05. The third kappa shape index (κ3) is 7.48. The molecule has 9 heteroatoms. The molecule has 3 aromatic carbocycles. The van der Waals surface area contributed by atoms with Crippen LogP contribution in [0.3, 0.4) is 0 Å². The molecule has 1 aliphatic heterocycles. The van der Waals surface area contributed by atoms with E-state index in [-0.39, 0.29) is 17.0 Å². The van der Waals surface area contributed by atoms with Crippen LogP contribution in [0.15, 0.2) is 70.9 Å². The van der Waals surface area contributed by atoms with E-state index in [2.05, 4.69) is 67.9 Å². The topological polar surface area (TPSA) is 81.8 Å². The summed E-state index contributed by atoms with van der Waals surface area (Å²) in [5, 5.41) is 14.4. The summed E-state index contributed by atoms with van der Waals surface area (Å²) in [6.45, 7) is 13.6. The van der Waals surface area contributed by atoms with Gasteiger partial charge in [-0.3, -0.25) is 4.79 Å². The first-order chi connectivity index (χ1) is 21.7. The number of Topliss-reactive ketones (excluding diaryl/α,β-unsaturated/α-hetero) is 1. The standard InChI is InChI=1S/C36H43N5O3S/c1-7-26-15-14-25(20-27(26)8-2)23-37-41-34(28-12-10-9-11-13-28)38-39-35(41)45-24-32(42)29-21-30(36(3,4)5)33(43-6)31(22-29)40-16-18-44-19-17-40/h9-15,20-23H,7-8,16-19,24H2,1-6H3/b37-23+. The number of aryl methyl sites for hydroxylation is 2. The number of ketones is 1. The molecule has 0 radical (unpaired) electrons. The zero-order chi connectivity index (χ0) is 32.0. The molecule has 45 heavy (non-hydrogen) atoms. The minimum Gasteiger partial charge on any atom is -0.494 e. The molecular formula is C36H43N5O3S. The number of nitrogens with zero attached hydrogens (tertiary/aromatic N) is 5. The van der Waals surface area contributed by atoms with Gasteiger partial charge in [0.1, 0.15) is 5.75 Å². The Hall–Kier alpha value is -3.95. The van der Waals surface area contributed by atoms with Crippen LogP contribution in [0.1, 0.15) is 67.2 Å². The summed E-state index contributed by atoms with van der Waals surface area (Å²) < 4.78 is 13.3. The van der Waals surface area contributed by atoms with Gasteiger partial charge in [-0.05, 0) is 53.1 Å². The molecule has 0 N–H and O–H groups in total. The van der Waals surface area contributed by atoms with Crippen molar-refractivity contribution < 1.29 is 14.3 Å². The molecule has 236 valence electrons. The number of morpholine rings is 1. The maximum absolute atomic E-state index is 13.8. The highest BCUT2D eigenvalue weighted by atomic mass is 32.2. The van der Waals surface area contributed by atoms with Crippen molar-refractivity contribution in [1.29, 1.82) is 0 Å². The molecule has 5 rings (SSSR count). The Balaban J connectivity index is 1.46. The van der Waals surface area contributed by atoms with Crippen molar-refractivity contribution in [2.24, 2.45) is 5.10 Å². The van der Waals surface area contributed by atoms with Crippen molar-refractivity contribution in [2.75, 3.05) is 44.1 Å². The molecule has 2 heterocycles. The molecule has 0 atom stereocenters. The van der Waals surface area contributed by atoms with E-state index < -0.39 is 0 Å². The van der Waals surface area contributed by atoms with Gasteiger partial charge in [0.2, 0.25) is 5.16 Å². The summed E-state index contributed by atoms with van der Waals surface area (Å²) in [7, 11) is 1.70. The molecule has 0 unspecified atom stereocenters. The molecular weight excluding hydrogens is 582 g/mol. The molecule has 0 aliphatic carbocycles. The monoisotopic (exact) mass is 625 g/mol. The number of hydrogen-bond acceptors (Lipinski definition) is 8. The quantitative estimate of drug-likeness (QED) is 0.100. The van der Waals surface area contributed by atoms with Crippen LogP contribution in [0.2, 0.25) is 0 Å². The zero-order valence-corrected chi connectivity index (χ0v) is 28.0. The fourth-order valence-electron chi connectivity index (χ4n) is 5.55. The average Bonchev–Trinajstić information content (AvgIpc) is 3.48. The predicted molar refractivity (Wildman–Crippen MR) is 183 cm³/mol. The molecule has 4 aromatic rings. The summed E-state index contributed by atoms with van der Waals surface area (Å²) in [4.78, 5) is 16.1. The zero-order valence-electron chi connectivity index (χ0n) is 27.2. The summed E-state index contributed by atoms with van der Waals surface area (Å²) in [5.74, 6) is 1.63. The van der Waals surface area contributed by atoms with E-state index in [0.717, 1.165) is 54.1 Å². The van der Waals surface area contributed by atoms with Crippen LogP contribution >= 0.6 is 11.8 Å². The second-order valence-electron chi connectivity index (χ2n) is 12.1. The van der Waals surface area contributed by atoms with Crippen LogP contribution in [0.25, 0.3) is 11.4 Å². The van der Waals surface area contributed by atoms with E-state index in [1.807, 2.05) is 48.7 Å². The van der Waals surface area contributed by atoms with Crippen molar-refractivity contribution >= 4 is 29.4 Å². The highest BCUT2D eigenvalue weighted by Gasteiger charge is 2.27. The van der Waals surface area contributed by atoms with Gasteiger partial charge in [-0.2, -0.15) is 9.78 Å². The lowest BCUT2D eigenvalue weighted by Crippen LogP contribution is -2.37. The van der Waals surface area contributed by atoms with Crippen LogP contribution in [0.4, 0.5) is 5.69 Å². The van der Waals surface area contributed by atoms with E-state index in [4.69, 9.17) is 14.6 Å². The average molecular weight is 626 g/mol. The van der Waals surface area contributed by atoms with Crippen molar-refractivity contribution in [3.63, 3.8) is 0 Å². The first-order valence-electron chi connectivity index (χ1n) is 15.6. The smallest absolute Gasteiger partial charge is 0.212 e. The Morgan fingerprint density at radius 1 is 1.00 bits per heavy atom. The van der Waals surface area contributed by atoms with Gasteiger partial charge < -0.3 is 14.4 Å². The van der Waals surface area contributed by atoms with Gasteiger partial charge >= 0.3 is 0 Å². The first kappa shape index (κ1) is 32.4. The summed E-state index contributed by atoms with van der Waals surface area (Å²) >= 11 is 1.34. The lowest BCUT2D eigenvalue weighted by molar-refractivity contribution is 0.102. The normalized spacial score (nSPS) is 13.9. The molecule has 1 aliphatic rings. The molecule has 1 saturated heterocycles. The molecule has 0 bridgehead atoms. The number of aromatic nitrogens is 3. The summed E-state index contributed by atoms with van der Waals surface area (Å²) in [6, 6.07) is 20.3. The lowest BCUT2D eigenvalue weighted by atomic mass is 9.84. The maximum atomic E-state index is 13.8. The molecule has 0 saturated carbocycles. The minimum atomic E-state index is -0.220. The van der Waals surface area contributed by atoms with Gasteiger partial charge in [-0.1, -0.05) is 88.8 Å². The van der Waals surface area contributed by atoms with E-state index in [1.54, 1.807) is 11.8 Å². The number of methoxy groups -OCH3 is 1. The minimum absolute atomic E-state index is 0.00481. The number of thioether (sulfide) groups is 1. The Morgan fingerprint density at radius 2 is 1.73 bits per heavy atom. The van der Waals surface area contributed by atoms with E-state index >= 15 is 0 Å². The van der Waals surface area contributed by atoms with Gasteiger partial charge in [-0.15, -0.1) is 10.2 Å². The van der Waals surface area contributed by atoms with Crippen LogP contribution < -0.4 is 9.64 Å². The molecule has 0 spiro atoms. The van der Waals surface area contributed by atoms with Gasteiger partial charge in [0.05, 0.1) is 38.0 Å². The lowest BCUT2D eigenvalue weighted by Gasteiger charge is -2.33. The number of carbonyl (C=O) groups is 1. The third-order valence-corrected chi connectivity index (χ3v) is 8.97. The predicted octanol–water partition coefficient (Wildman–Crippen LogP) is 7.07. The van der Waals surface area contributed by atoms with Crippen LogP contribution in [-0.4, -0.2) is 66.0 Å². The van der Waals surface area contributed by atoms with Gasteiger partial charge in [0.15, 0.2) is 11.6 Å². The van der Waals surface area contributed by atoms with E-state index in [1.165, 1.54) is 22.9 Å². The largest absolute Gasteiger partial charge is 0.494 e. The molecule has 1 aromatic heterocycles. The van der Waals surface area contributed by atoms with Crippen molar-refractivity contribution in [2.45, 2.75) is 58.0 Å². The fourth-order valence-corrected chi connectivity index (χ4v) is 6.33. The first-order valence-corrected chi connectivity index (χ1v) is 16.6. The Bertz CT molecular complexity index is 1650. The van der Waals surface area contributed by atoms with Gasteiger partial charge in [0.25, 0.3) is 0 Å². The number of ether oxygens (including phenoxy) is 2. The maximum Gasteiger partial charge on any atom is 0.212 e. The van der Waals surface area contributed by atoms with Crippen molar-refractivity contribution in [3.8, 4) is 17.1 Å². The molecule has 0 amide bonds. The Kier molecular flexibility index (Phi) is 10.4. The SMILES string of the molecule is CCc1ccc(/C=N/n2c(SCC(=O)c3cc(N4CCOCC4)c(OC)c(C(C)(C)C)c3)nnc2-c2ccccc2)cc1CC. The molecule has 8 nitrogen and oxygen atoms in total. The Morgan fingerprint density at radius 3 is 2.40 bits per heavy atom. The second-order valence-corrected chi connectivity index (χ2v) is 13.0. The highest BCUT2D eigenvalue weighted by molar-refractivity contribution is 7.99. The number of hydrogen-bond donors (Lipinski definition) is 0. The number of rotatable bonds is 11. The summed E-state index contributed by atoms with van der Waals surface area (Å²) in [5.41, 5.74) is 6.94. The number of anilines is 1. The van der Waals surface area contributed by atoms with Crippen LogP contribution in [0.5, 0.6) is 5.75 Å². The van der Waals surface area contributed by atoms with Gasteiger partial charge in [0, 0.05) is 29.8 Å². The second kappa shape index (κ2) is 14.4. The van der Waals surface area contributed by atoms with E-state index in [0.29, 0.717) is 29.8 Å². The Labute approximate surface area is 270 Å². The van der Waals surface area contributed by atoms with Crippen LogP contribution in [0, 0.1) is 0 Å². The number of benzene rings is 3.